The minimum Gasteiger partial charge on any atom is -0.497 e. The van der Waals surface area contributed by atoms with Gasteiger partial charge in [0.1, 0.15) is 5.75 Å². The van der Waals surface area contributed by atoms with Crippen LogP contribution in [0.25, 0.3) is 11.1 Å². The summed E-state index contributed by atoms with van der Waals surface area (Å²) in [4.78, 5) is 14.3. The van der Waals surface area contributed by atoms with Gasteiger partial charge in [0.2, 0.25) is 5.91 Å². The summed E-state index contributed by atoms with van der Waals surface area (Å²) in [5, 5.41) is 0. The van der Waals surface area contributed by atoms with Crippen molar-refractivity contribution in [3.05, 3.63) is 53.1 Å². The van der Waals surface area contributed by atoms with Crippen LogP contribution in [0.4, 0.5) is 0 Å². The Bertz CT molecular complexity index is 718. The molecule has 0 fully saturated rings. The molecule has 0 bridgehead atoms. The molecule has 3 nitrogen and oxygen atoms in total. The quantitative estimate of drug-likeness (QED) is 0.788. The summed E-state index contributed by atoms with van der Waals surface area (Å²) < 4.78 is 5.46. The molecule has 24 heavy (non-hydrogen) atoms. The van der Waals surface area contributed by atoms with Crippen LogP contribution < -0.4 is 4.74 Å². The Labute approximate surface area is 145 Å². The molecule has 0 N–H and O–H groups in total. The van der Waals surface area contributed by atoms with Gasteiger partial charge < -0.3 is 9.64 Å². The molecule has 0 saturated heterocycles. The van der Waals surface area contributed by atoms with Crippen molar-refractivity contribution in [1.82, 2.24) is 4.90 Å². The Morgan fingerprint density at radius 1 is 1.08 bits per heavy atom. The van der Waals surface area contributed by atoms with Gasteiger partial charge in [-0.3, -0.25) is 4.79 Å². The van der Waals surface area contributed by atoms with Gasteiger partial charge in [-0.15, -0.1) is 0 Å². The normalized spacial score (nSPS) is 10.5. The van der Waals surface area contributed by atoms with E-state index in [2.05, 4.69) is 38.1 Å². The van der Waals surface area contributed by atoms with Crippen LogP contribution in [0.15, 0.2) is 36.4 Å². The standard InChI is InChI=1S/C21H27NO2/c1-6-22(7-2)21(23)13-17-11-18(14-19(12-17)24-5)20-10-8-9-15(3)16(20)4/h8-12,14H,6-7,13H2,1-5H3. The fourth-order valence-corrected chi connectivity index (χ4v) is 2.96. The third kappa shape index (κ3) is 3.97. The number of hydrogen-bond acceptors (Lipinski definition) is 2. The van der Waals surface area contributed by atoms with Gasteiger partial charge in [0.15, 0.2) is 0 Å². The molecule has 0 heterocycles. The molecule has 1 amide bonds. The molecule has 0 radical (unpaired) electrons. The third-order valence-electron chi connectivity index (χ3n) is 4.59. The second-order valence-electron chi connectivity index (χ2n) is 6.06. The van der Waals surface area contributed by atoms with Crippen LogP contribution in [0.1, 0.15) is 30.5 Å². The van der Waals surface area contributed by atoms with Gasteiger partial charge in [0.25, 0.3) is 0 Å². The van der Waals surface area contributed by atoms with E-state index in [1.807, 2.05) is 30.9 Å². The number of hydrogen-bond donors (Lipinski definition) is 0. The highest BCUT2D eigenvalue weighted by atomic mass is 16.5. The summed E-state index contributed by atoms with van der Waals surface area (Å²) in [7, 11) is 1.66. The first-order chi connectivity index (χ1) is 11.5. The smallest absolute Gasteiger partial charge is 0.226 e. The van der Waals surface area contributed by atoms with Crippen LogP contribution in [0.3, 0.4) is 0 Å². The fourth-order valence-electron chi connectivity index (χ4n) is 2.96. The summed E-state index contributed by atoms with van der Waals surface area (Å²) >= 11 is 0. The van der Waals surface area contributed by atoms with E-state index in [0.717, 1.165) is 30.0 Å². The maximum Gasteiger partial charge on any atom is 0.226 e. The highest BCUT2D eigenvalue weighted by molar-refractivity contribution is 5.80. The van der Waals surface area contributed by atoms with Crippen LogP contribution in [0.5, 0.6) is 5.75 Å². The molecule has 128 valence electrons. The Kier molecular flexibility index (Phi) is 6.02. The number of amides is 1. The average molecular weight is 325 g/mol. The van der Waals surface area contributed by atoms with Crippen LogP contribution >= 0.6 is 0 Å². The molecular formula is C21H27NO2. The van der Waals surface area contributed by atoms with Crippen LogP contribution in [0.2, 0.25) is 0 Å². The number of likely N-dealkylation sites (N-methyl/N-ethyl adjacent to an activating group) is 1. The predicted molar refractivity (Wildman–Crippen MR) is 99.5 cm³/mol. The second kappa shape index (κ2) is 8.00. The molecule has 2 aromatic carbocycles. The maximum atomic E-state index is 12.4. The summed E-state index contributed by atoms with van der Waals surface area (Å²) in [6.07, 6.45) is 0.400. The molecule has 0 aliphatic carbocycles. The van der Waals surface area contributed by atoms with E-state index < -0.39 is 0 Å². The van der Waals surface area contributed by atoms with Crippen molar-refractivity contribution >= 4 is 5.91 Å². The monoisotopic (exact) mass is 325 g/mol. The molecule has 0 aliphatic heterocycles. The van der Waals surface area contributed by atoms with Crippen molar-refractivity contribution in [2.45, 2.75) is 34.1 Å². The van der Waals surface area contributed by atoms with Gasteiger partial charge in [-0.2, -0.15) is 0 Å². The first kappa shape index (κ1) is 18.1. The molecule has 0 aliphatic rings. The van der Waals surface area contributed by atoms with Crippen molar-refractivity contribution in [3.63, 3.8) is 0 Å². The molecule has 0 unspecified atom stereocenters. The fraction of sp³-hybridized carbons (Fsp3) is 0.381. The van der Waals surface area contributed by atoms with E-state index in [1.165, 1.54) is 16.7 Å². The average Bonchev–Trinajstić information content (AvgIpc) is 2.58. The Balaban J connectivity index is 2.41. The molecule has 3 heteroatoms. The number of methoxy groups -OCH3 is 1. The molecule has 2 rings (SSSR count). The lowest BCUT2D eigenvalue weighted by Gasteiger charge is -2.19. The number of aryl methyl sites for hydroxylation is 1. The SMILES string of the molecule is CCN(CC)C(=O)Cc1cc(OC)cc(-c2cccc(C)c2C)c1. The van der Waals surface area contributed by atoms with Gasteiger partial charge in [-0.1, -0.05) is 24.3 Å². The van der Waals surface area contributed by atoms with E-state index in [1.54, 1.807) is 7.11 Å². The predicted octanol–water partition coefficient (Wildman–Crippen LogP) is 4.39. The maximum absolute atomic E-state index is 12.4. The van der Waals surface area contributed by atoms with Crippen molar-refractivity contribution in [3.8, 4) is 16.9 Å². The lowest BCUT2D eigenvalue weighted by molar-refractivity contribution is -0.130. The molecular weight excluding hydrogens is 298 g/mol. The van der Waals surface area contributed by atoms with Gasteiger partial charge >= 0.3 is 0 Å². The van der Waals surface area contributed by atoms with Crippen LogP contribution in [-0.4, -0.2) is 31.0 Å². The number of rotatable bonds is 6. The number of carbonyl (C=O) groups is 1. The van der Waals surface area contributed by atoms with Crippen molar-refractivity contribution < 1.29 is 9.53 Å². The molecule has 2 aromatic rings. The Morgan fingerprint density at radius 2 is 1.79 bits per heavy atom. The lowest BCUT2D eigenvalue weighted by Crippen LogP contribution is -2.31. The van der Waals surface area contributed by atoms with E-state index in [-0.39, 0.29) is 5.91 Å². The second-order valence-corrected chi connectivity index (χ2v) is 6.06. The third-order valence-corrected chi connectivity index (χ3v) is 4.59. The van der Waals surface area contributed by atoms with Crippen molar-refractivity contribution in [2.24, 2.45) is 0 Å². The summed E-state index contributed by atoms with van der Waals surface area (Å²) in [5.74, 6) is 0.941. The largest absolute Gasteiger partial charge is 0.497 e. The number of nitrogens with zero attached hydrogens (tertiary/aromatic N) is 1. The van der Waals surface area contributed by atoms with Crippen molar-refractivity contribution in [1.29, 1.82) is 0 Å². The van der Waals surface area contributed by atoms with E-state index in [9.17, 15) is 4.79 Å². The Hall–Kier alpha value is -2.29. The number of ether oxygens (including phenoxy) is 1. The van der Waals surface area contributed by atoms with Crippen LogP contribution in [-0.2, 0) is 11.2 Å². The van der Waals surface area contributed by atoms with Crippen molar-refractivity contribution in [2.75, 3.05) is 20.2 Å². The lowest BCUT2D eigenvalue weighted by atomic mass is 9.95. The van der Waals surface area contributed by atoms with Gasteiger partial charge in [0, 0.05) is 13.1 Å². The van der Waals surface area contributed by atoms with E-state index in [0.29, 0.717) is 6.42 Å². The molecule has 0 aromatic heterocycles. The number of carbonyl (C=O) groups excluding carboxylic acids is 1. The zero-order valence-electron chi connectivity index (χ0n) is 15.3. The highest BCUT2D eigenvalue weighted by Crippen LogP contribution is 2.30. The highest BCUT2D eigenvalue weighted by Gasteiger charge is 2.13. The first-order valence-corrected chi connectivity index (χ1v) is 8.52. The molecule has 0 spiro atoms. The number of benzene rings is 2. The van der Waals surface area contributed by atoms with Gasteiger partial charge in [0.05, 0.1) is 13.5 Å². The zero-order valence-corrected chi connectivity index (χ0v) is 15.3. The minimum absolute atomic E-state index is 0.153. The summed E-state index contributed by atoms with van der Waals surface area (Å²) in [5.41, 5.74) is 5.79. The Morgan fingerprint density at radius 3 is 2.42 bits per heavy atom. The first-order valence-electron chi connectivity index (χ1n) is 8.52. The van der Waals surface area contributed by atoms with Gasteiger partial charge in [-0.25, -0.2) is 0 Å². The topological polar surface area (TPSA) is 29.5 Å². The van der Waals surface area contributed by atoms with E-state index in [4.69, 9.17) is 4.74 Å². The summed E-state index contributed by atoms with van der Waals surface area (Å²) in [6, 6.07) is 12.4. The van der Waals surface area contributed by atoms with Crippen LogP contribution in [0, 0.1) is 13.8 Å². The summed E-state index contributed by atoms with van der Waals surface area (Å²) in [6.45, 7) is 9.74. The molecule has 0 atom stereocenters. The van der Waals surface area contributed by atoms with E-state index >= 15 is 0 Å². The zero-order chi connectivity index (χ0) is 17.7. The molecule has 0 saturated carbocycles. The minimum atomic E-state index is 0.153. The van der Waals surface area contributed by atoms with Gasteiger partial charge in [-0.05, 0) is 67.6 Å².